The highest BCUT2D eigenvalue weighted by Gasteiger charge is 2.31. The molecule has 1 aromatic carbocycles. The molecule has 3 nitrogen and oxygen atoms in total. The third-order valence-electron chi connectivity index (χ3n) is 1.85. The predicted molar refractivity (Wildman–Crippen MR) is 57.8 cm³/mol. The lowest BCUT2D eigenvalue weighted by molar-refractivity contribution is -0.274. The van der Waals surface area contributed by atoms with Crippen LogP contribution in [0.25, 0.3) is 6.08 Å². The minimum atomic E-state index is -4.75. The van der Waals surface area contributed by atoms with Crippen LogP contribution in [0.3, 0.4) is 0 Å². The van der Waals surface area contributed by atoms with E-state index < -0.39 is 12.1 Å². The molecule has 94 valence electrons. The van der Waals surface area contributed by atoms with Crippen molar-refractivity contribution in [2.24, 2.45) is 0 Å². The maximum absolute atomic E-state index is 11.9. The largest absolute Gasteiger partial charge is 0.573 e. The third kappa shape index (κ3) is 4.78. The first-order valence-corrected chi connectivity index (χ1v) is 4.82. The molecule has 0 unspecified atom stereocenters. The molecule has 0 aliphatic carbocycles. The van der Waals surface area contributed by atoms with Gasteiger partial charge in [0.15, 0.2) is 0 Å². The number of likely N-dealkylation sites (N-methyl/N-ethyl adjacent to an activating group) is 1. The van der Waals surface area contributed by atoms with Crippen LogP contribution in [0.15, 0.2) is 24.3 Å². The van der Waals surface area contributed by atoms with Gasteiger partial charge < -0.3 is 15.2 Å². The molecular formula is C11H12F3NO2. The average Bonchev–Trinajstić information content (AvgIpc) is 2.19. The number of halogens is 3. The highest BCUT2D eigenvalue weighted by atomic mass is 19.4. The van der Waals surface area contributed by atoms with Crippen molar-refractivity contribution in [2.45, 2.75) is 6.36 Å². The molecule has 0 heterocycles. The monoisotopic (exact) mass is 247 g/mol. The van der Waals surface area contributed by atoms with Gasteiger partial charge in [0.2, 0.25) is 0 Å². The summed E-state index contributed by atoms with van der Waals surface area (Å²) < 4.78 is 39.4. The van der Waals surface area contributed by atoms with E-state index in [9.17, 15) is 18.3 Å². The minimum Gasteiger partial charge on any atom is -0.507 e. The summed E-state index contributed by atoms with van der Waals surface area (Å²) in [6, 6.07) is 3.42. The first kappa shape index (κ1) is 13.4. The van der Waals surface area contributed by atoms with Crippen molar-refractivity contribution in [3.05, 3.63) is 29.8 Å². The van der Waals surface area contributed by atoms with Gasteiger partial charge in [-0.3, -0.25) is 0 Å². The number of ether oxygens (including phenoxy) is 1. The lowest BCUT2D eigenvalue weighted by atomic mass is 10.2. The molecule has 1 rings (SSSR count). The molecule has 0 spiro atoms. The van der Waals surface area contributed by atoms with Crippen molar-refractivity contribution in [3.63, 3.8) is 0 Å². The van der Waals surface area contributed by atoms with Crippen LogP contribution in [0, 0.1) is 0 Å². The number of alkyl halides is 3. The second-order valence-corrected chi connectivity index (χ2v) is 3.23. The van der Waals surface area contributed by atoms with Gasteiger partial charge in [0, 0.05) is 18.2 Å². The fraction of sp³-hybridized carbons (Fsp3) is 0.273. The van der Waals surface area contributed by atoms with Crippen molar-refractivity contribution in [2.75, 3.05) is 13.6 Å². The summed E-state index contributed by atoms with van der Waals surface area (Å²) in [6.45, 7) is 0.597. The zero-order valence-electron chi connectivity index (χ0n) is 9.08. The summed E-state index contributed by atoms with van der Waals surface area (Å²) in [5.74, 6) is -0.708. The van der Waals surface area contributed by atoms with Gasteiger partial charge >= 0.3 is 6.36 Å². The van der Waals surface area contributed by atoms with Gasteiger partial charge in [0.1, 0.15) is 11.5 Å². The molecule has 0 atom stereocenters. The topological polar surface area (TPSA) is 41.5 Å². The molecule has 0 aromatic heterocycles. The molecule has 0 bridgehead atoms. The number of phenolic OH excluding ortho intramolecular Hbond substituents is 1. The van der Waals surface area contributed by atoms with E-state index in [0.29, 0.717) is 12.1 Å². The van der Waals surface area contributed by atoms with Crippen LogP contribution in [0.1, 0.15) is 5.56 Å². The second kappa shape index (κ2) is 5.58. The molecule has 17 heavy (non-hydrogen) atoms. The molecule has 0 radical (unpaired) electrons. The standard InChI is InChI=1S/C11H12F3NO2/c1-15-6-2-3-8-4-5-9(7-10(8)16)17-11(12,13)14/h2-5,7,15-16H,6H2,1H3. The SMILES string of the molecule is CNCC=Cc1ccc(OC(F)(F)F)cc1O. The smallest absolute Gasteiger partial charge is 0.507 e. The summed E-state index contributed by atoms with van der Waals surface area (Å²) in [6.07, 6.45) is -1.42. The molecule has 0 amide bonds. The quantitative estimate of drug-likeness (QED) is 0.859. The molecule has 0 saturated carbocycles. The summed E-state index contributed by atoms with van der Waals surface area (Å²) in [5, 5.41) is 12.3. The van der Waals surface area contributed by atoms with Gasteiger partial charge in [-0.2, -0.15) is 0 Å². The van der Waals surface area contributed by atoms with Crippen LogP contribution in [-0.2, 0) is 0 Å². The van der Waals surface area contributed by atoms with E-state index in [4.69, 9.17) is 0 Å². The Morgan fingerprint density at radius 2 is 2.12 bits per heavy atom. The predicted octanol–water partition coefficient (Wildman–Crippen LogP) is 2.52. The zero-order chi connectivity index (χ0) is 12.9. The Morgan fingerprint density at radius 3 is 2.65 bits per heavy atom. The highest BCUT2D eigenvalue weighted by Crippen LogP contribution is 2.28. The van der Waals surface area contributed by atoms with E-state index in [1.165, 1.54) is 6.07 Å². The Balaban J connectivity index is 2.79. The third-order valence-corrected chi connectivity index (χ3v) is 1.85. The second-order valence-electron chi connectivity index (χ2n) is 3.23. The van der Waals surface area contributed by atoms with E-state index in [1.54, 1.807) is 19.2 Å². The van der Waals surface area contributed by atoms with Crippen LogP contribution in [-0.4, -0.2) is 25.1 Å². The Labute approximate surface area is 96.5 Å². The number of nitrogens with one attached hydrogen (secondary N) is 1. The maximum Gasteiger partial charge on any atom is 0.573 e. The van der Waals surface area contributed by atoms with E-state index in [2.05, 4.69) is 10.1 Å². The van der Waals surface area contributed by atoms with Gasteiger partial charge in [-0.25, -0.2) is 0 Å². The summed E-state index contributed by atoms with van der Waals surface area (Å²) >= 11 is 0. The highest BCUT2D eigenvalue weighted by molar-refractivity contribution is 5.58. The summed E-state index contributed by atoms with van der Waals surface area (Å²) in [7, 11) is 1.75. The molecule has 0 saturated heterocycles. The lowest BCUT2D eigenvalue weighted by Gasteiger charge is -2.09. The van der Waals surface area contributed by atoms with E-state index >= 15 is 0 Å². The van der Waals surface area contributed by atoms with Gasteiger partial charge in [-0.05, 0) is 19.2 Å². The normalized spacial score (nSPS) is 12.0. The fourth-order valence-corrected chi connectivity index (χ4v) is 1.17. The number of phenols is 1. The Kier molecular flexibility index (Phi) is 4.39. The van der Waals surface area contributed by atoms with Crippen molar-refractivity contribution >= 4 is 6.08 Å². The lowest BCUT2D eigenvalue weighted by Crippen LogP contribution is -2.17. The van der Waals surface area contributed by atoms with E-state index in [-0.39, 0.29) is 5.75 Å². The fourth-order valence-electron chi connectivity index (χ4n) is 1.17. The van der Waals surface area contributed by atoms with Gasteiger partial charge in [0.25, 0.3) is 0 Å². The first-order chi connectivity index (χ1) is 7.92. The van der Waals surface area contributed by atoms with Gasteiger partial charge in [-0.15, -0.1) is 13.2 Å². The van der Waals surface area contributed by atoms with Crippen LogP contribution >= 0.6 is 0 Å². The van der Waals surface area contributed by atoms with Gasteiger partial charge in [0.05, 0.1) is 0 Å². The van der Waals surface area contributed by atoms with Crippen molar-refractivity contribution < 1.29 is 23.0 Å². The Bertz CT molecular complexity index is 402. The van der Waals surface area contributed by atoms with Crippen LogP contribution in [0.2, 0.25) is 0 Å². The molecule has 0 aliphatic rings. The average molecular weight is 247 g/mol. The molecule has 6 heteroatoms. The Morgan fingerprint density at radius 1 is 1.41 bits per heavy atom. The van der Waals surface area contributed by atoms with Gasteiger partial charge in [-0.1, -0.05) is 12.2 Å². The van der Waals surface area contributed by atoms with Crippen molar-refractivity contribution in [1.82, 2.24) is 5.32 Å². The maximum atomic E-state index is 11.9. The number of hydrogen-bond donors (Lipinski definition) is 2. The number of aromatic hydroxyl groups is 1. The minimum absolute atomic E-state index is 0.265. The first-order valence-electron chi connectivity index (χ1n) is 4.82. The number of hydrogen-bond acceptors (Lipinski definition) is 3. The zero-order valence-corrected chi connectivity index (χ0v) is 9.08. The molecule has 2 N–H and O–H groups in total. The number of rotatable bonds is 4. The summed E-state index contributed by atoms with van der Waals surface area (Å²) in [4.78, 5) is 0. The van der Waals surface area contributed by atoms with Crippen LogP contribution in [0.5, 0.6) is 11.5 Å². The summed E-state index contributed by atoms with van der Waals surface area (Å²) in [5.41, 5.74) is 0.426. The molecule has 0 fully saturated rings. The van der Waals surface area contributed by atoms with Crippen LogP contribution < -0.4 is 10.1 Å². The van der Waals surface area contributed by atoms with E-state index in [0.717, 1.165) is 12.1 Å². The number of benzene rings is 1. The molecule has 1 aromatic rings. The van der Waals surface area contributed by atoms with Crippen molar-refractivity contribution in [1.29, 1.82) is 0 Å². The van der Waals surface area contributed by atoms with Crippen LogP contribution in [0.4, 0.5) is 13.2 Å². The molecular weight excluding hydrogens is 235 g/mol. The Hall–Kier alpha value is -1.69. The van der Waals surface area contributed by atoms with Crippen molar-refractivity contribution in [3.8, 4) is 11.5 Å². The molecule has 0 aliphatic heterocycles. The van der Waals surface area contributed by atoms with E-state index in [1.807, 2.05) is 0 Å².